The molecule has 1 aliphatic rings. The van der Waals surface area contributed by atoms with E-state index in [0.717, 1.165) is 49.5 Å². The fourth-order valence-corrected chi connectivity index (χ4v) is 3.69. The molecular formula is C24H29FIN5. The van der Waals surface area contributed by atoms with Crippen molar-refractivity contribution in [2.45, 2.75) is 19.9 Å². The zero-order valence-electron chi connectivity index (χ0n) is 17.7. The maximum atomic E-state index is 13.4. The molecular weight excluding hydrogens is 504 g/mol. The van der Waals surface area contributed by atoms with E-state index in [0.29, 0.717) is 6.54 Å². The van der Waals surface area contributed by atoms with Gasteiger partial charge in [-0.3, -0.25) is 0 Å². The summed E-state index contributed by atoms with van der Waals surface area (Å²) in [5, 5.41) is 7.76. The molecule has 0 amide bonds. The molecule has 3 N–H and O–H groups in total. The van der Waals surface area contributed by atoms with E-state index in [2.05, 4.69) is 63.9 Å². The average molecular weight is 533 g/mol. The van der Waals surface area contributed by atoms with Crippen molar-refractivity contribution >= 4 is 46.5 Å². The molecule has 0 fully saturated rings. The summed E-state index contributed by atoms with van der Waals surface area (Å²) in [5.41, 5.74) is 4.43. The van der Waals surface area contributed by atoms with E-state index in [1.807, 2.05) is 12.3 Å². The van der Waals surface area contributed by atoms with E-state index in [-0.39, 0.29) is 29.8 Å². The van der Waals surface area contributed by atoms with Crippen LogP contribution in [0.15, 0.2) is 65.8 Å². The smallest absolute Gasteiger partial charge is 0.191 e. The first-order valence-electron chi connectivity index (χ1n) is 10.5. The predicted octanol–water partition coefficient (Wildman–Crippen LogP) is 4.60. The van der Waals surface area contributed by atoms with Gasteiger partial charge in [0.1, 0.15) is 5.82 Å². The molecule has 31 heavy (non-hydrogen) atoms. The molecule has 0 atom stereocenters. The highest BCUT2D eigenvalue weighted by atomic mass is 127. The number of fused-ring (bicyclic) bond motifs is 1. The molecule has 2 heterocycles. The van der Waals surface area contributed by atoms with Crippen molar-refractivity contribution in [1.82, 2.24) is 15.6 Å². The molecule has 0 saturated carbocycles. The van der Waals surface area contributed by atoms with Gasteiger partial charge in [-0.1, -0.05) is 24.3 Å². The number of H-pyrrole nitrogens is 1. The van der Waals surface area contributed by atoms with Crippen molar-refractivity contribution in [1.29, 1.82) is 0 Å². The SMILES string of the molecule is CCNC(=NCc1ccc(N2CC=CC2)cc1)NCCc1c[nH]c2cc(F)ccc12.I. The molecule has 0 radical (unpaired) electrons. The predicted molar refractivity (Wildman–Crippen MR) is 138 cm³/mol. The van der Waals surface area contributed by atoms with E-state index in [9.17, 15) is 4.39 Å². The summed E-state index contributed by atoms with van der Waals surface area (Å²) in [6, 6.07) is 13.5. The fourth-order valence-electron chi connectivity index (χ4n) is 3.69. The molecule has 1 aromatic heterocycles. The second-order valence-electron chi connectivity index (χ2n) is 7.42. The molecule has 3 aromatic rings. The monoisotopic (exact) mass is 533 g/mol. The van der Waals surface area contributed by atoms with Crippen molar-refractivity contribution < 1.29 is 4.39 Å². The Balaban J connectivity index is 0.00000272. The maximum Gasteiger partial charge on any atom is 0.191 e. The molecule has 4 rings (SSSR count). The number of hydrogen-bond donors (Lipinski definition) is 3. The lowest BCUT2D eigenvalue weighted by molar-refractivity contribution is 0.629. The first-order chi connectivity index (χ1) is 14.7. The molecule has 0 aliphatic carbocycles. The van der Waals surface area contributed by atoms with Gasteiger partial charge < -0.3 is 20.5 Å². The molecule has 0 saturated heterocycles. The van der Waals surface area contributed by atoms with Crippen LogP contribution < -0.4 is 15.5 Å². The van der Waals surface area contributed by atoms with Gasteiger partial charge in [-0.05, 0) is 54.8 Å². The Bertz CT molecular complexity index is 1030. The number of benzene rings is 2. The first-order valence-corrected chi connectivity index (χ1v) is 10.5. The number of rotatable bonds is 7. The zero-order chi connectivity index (χ0) is 20.8. The molecule has 2 aromatic carbocycles. The molecule has 5 nitrogen and oxygen atoms in total. The fraction of sp³-hybridized carbons (Fsp3) is 0.292. The van der Waals surface area contributed by atoms with Crippen LogP contribution in [0.3, 0.4) is 0 Å². The number of guanidine groups is 1. The molecule has 164 valence electrons. The van der Waals surface area contributed by atoms with Crippen LogP contribution >= 0.6 is 24.0 Å². The van der Waals surface area contributed by atoms with Gasteiger partial charge in [-0.2, -0.15) is 0 Å². The van der Waals surface area contributed by atoms with Crippen LogP contribution in [0.1, 0.15) is 18.1 Å². The number of aromatic amines is 1. The summed E-state index contributed by atoms with van der Waals surface area (Å²) in [7, 11) is 0. The highest BCUT2D eigenvalue weighted by Crippen LogP contribution is 2.20. The number of aromatic nitrogens is 1. The third kappa shape index (κ3) is 6.00. The summed E-state index contributed by atoms with van der Waals surface area (Å²) in [4.78, 5) is 10.2. The standard InChI is InChI=1S/C24H28FN5.HI/c1-2-26-24(27-12-11-19-17-28-23-15-20(25)7-10-22(19)23)29-16-18-5-8-21(9-6-18)30-13-3-4-14-30;/h3-10,15,17,28H,2,11-14,16H2,1H3,(H2,26,27,29);1H. The van der Waals surface area contributed by atoms with Crippen LogP contribution in [0.4, 0.5) is 10.1 Å². The largest absolute Gasteiger partial charge is 0.364 e. The van der Waals surface area contributed by atoms with Crippen LogP contribution in [-0.2, 0) is 13.0 Å². The summed E-state index contributed by atoms with van der Waals surface area (Å²) in [5.74, 6) is 0.580. The lowest BCUT2D eigenvalue weighted by Crippen LogP contribution is -2.38. The van der Waals surface area contributed by atoms with Crippen LogP contribution in [0.25, 0.3) is 10.9 Å². The topological polar surface area (TPSA) is 55.5 Å². The average Bonchev–Trinajstić information content (AvgIpc) is 3.43. The van der Waals surface area contributed by atoms with Crippen molar-refractivity contribution in [3.8, 4) is 0 Å². The minimum Gasteiger partial charge on any atom is -0.364 e. The summed E-state index contributed by atoms with van der Waals surface area (Å²) in [6.07, 6.45) is 7.17. The van der Waals surface area contributed by atoms with Crippen molar-refractivity contribution in [3.05, 3.63) is 77.8 Å². The summed E-state index contributed by atoms with van der Waals surface area (Å²) >= 11 is 0. The van der Waals surface area contributed by atoms with Crippen LogP contribution in [0.2, 0.25) is 0 Å². The molecule has 7 heteroatoms. The first kappa shape index (κ1) is 23.1. The minimum atomic E-state index is -0.222. The minimum absolute atomic E-state index is 0. The van der Waals surface area contributed by atoms with E-state index in [1.54, 1.807) is 0 Å². The van der Waals surface area contributed by atoms with Gasteiger partial charge in [0.25, 0.3) is 0 Å². The summed E-state index contributed by atoms with van der Waals surface area (Å²) in [6.45, 7) is 6.20. The molecule has 1 aliphatic heterocycles. The number of nitrogens with one attached hydrogen (secondary N) is 3. The third-order valence-corrected chi connectivity index (χ3v) is 5.30. The summed E-state index contributed by atoms with van der Waals surface area (Å²) < 4.78 is 13.4. The number of nitrogens with zero attached hydrogens (tertiary/aromatic N) is 2. The lowest BCUT2D eigenvalue weighted by Gasteiger charge is -2.17. The van der Waals surface area contributed by atoms with Gasteiger partial charge in [-0.15, -0.1) is 24.0 Å². The Morgan fingerprint density at radius 1 is 1.10 bits per heavy atom. The molecule has 0 bridgehead atoms. The Hall–Kier alpha value is -2.55. The van der Waals surface area contributed by atoms with Gasteiger partial charge in [0.05, 0.1) is 6.54 Å². The van der Waals surface area contributed by atoms with Gasteiger partial charge >= 0.3 is 0 Å². The Labute approximate surface area is 199 Å². The van der Waals surface area contributed by atoms with Gasteiger partial charge in [0.2, 0.25) is 0 Å². The van der Waals surface area contributed by atoms with E-state index >= 15 is 0 Å². The van der Waals surface area contributed by atoms with Gasteiger partial charge in [0.15, 0.2) is 5.96 Å². The molecule has 0 spiro atoms. The van der Waals surface area contributed by atoms with E-state index in [1.165, 1.54) is 28.9 Å². The quantitative estimate of drug-likeness (QED) is 0.180. The Kier molecular flexibility index (Phi) is 8.34. The maximum absolute atomic E-state index is 13.4. The van der Waals surface area contributed by atoms with Gasteiger partial charge in [0, 0.05) is 49.0 Å². The number of halogens is 2. The number of aliphatic imine (C=N–C) groups is 1. The lowest BCUT2D eigenvalue weighted by atomic mass is 10.1. The number of hydrogen-bond acceptors (Lipinski definition) is 2. The third-order valence-electron chi connectivity index (χ3n) is 5.30. The Morgan fingerprint density at radius 2 is 1.87 bits per heavy atom. The normalized spacial score (nSPS) is 13.5. The van der Waals surface area contributed by atoms with Crippen LogP contribution in [0, 0.1) is 5.82 Å². The second kappa shape index (κ2) is 11.2. The van der Waals surface area contributed by atoms with Crippen LogP contribution in [0.5, 0.6) is 0 Å². The zero-order valence-corrected chi connectivity index (χ0v) is 20.0. The highest BCUT2D eigenvalue weighted by Gasteiger charge is 2.07. The number of anilines is 1. The van der Waals surface area contributed by atoms with Crippen LogP contribution in [-0.4, -0.2) is 37.1 Å². The van der Waals surface area contributed by atoms with Crippen molar-refractivity contribution in [2.24, 2.45) is 4.99 Å². The Morgan fingerprint density at radius 3 is 2.61 bits per heavy atom. The second-order valence-corrected chi connectivity index (χ2v) is 7.42. The van der Waals surface area contributed by atoms with E-state index in [4.69, 9.17) is 4.99 Å². The van der Waals surface area contributed by atoms with Crippen molar-refractivity contribution in [3.63, 3.8) is 0 Å². The van der Waals surface area contributed by atoms with Crippen molar-refractivity contribution in [2.75, 3.05) is 31.1 Å². The molecule has 0 unspecified atom stereocenters. The van der Waals surface area contributed by atoms with Gasteiger partial charge in [-0.25, -0.2) is 9.38 Å². The highest BCUT2D eigenvalue weighted by molar-refractivity contribution is 14.0. The van der Waals surface area contributed by atoms with E-state index < -0.39 is 0 Å².